The number of carbonyl (C=O) groups is 2. The first-order valence-corrected chi connectivity index (χ1v) is 4.92. The zero-order valence-corrected chi connectivity index (χ0v) is 10.2. The van der Waals surface area contributed by atoms with Gasteiger partial charge in [0.05, 0.1) is 0 Å². The van der Waals surface area contributed by atoms with Crippen LogP contribution in [-0.4, -0.2) is 23.6 Å². The molecule has 0 aliphatic rings. The van der Waals surface area contributed by atoms with Crippen LogP contribution in [0.15, 0.2) is 24.8 Å². The largest absolute Gasteiger partial charge is 0.455 e. The summed E-state index contributed by atoms with van der Waals surface area (Å²) in [7, 11) is 0. The molecule has 0 fully saturated rings. The monoisotopic (exact) mass is 226 g/mol. The third-order valence-corrected chi connectivity index (χ3v) is 2.14. The van der Waals surface area contributed by atoms with Crippen LogP contribution in [0.25, 0.3) is 0 Å². The molecule has 0 amide bonds. The van der Waals surface area contributed by atoms with Crippen LogP contribution in [0.2, 0.25) is 0 Å². The Morgan fingerprint density at radius 1 is 1.38 bits per heavy atom. The van der Waals surface area contributed by atoms with Crippen molar-refractivity contribution in [3.63, 3.8) is 0 Å². The van der Waals surface area contributed by atoms with Gasteiger partial charge >= 0.3 is 11.9 Å². The second-order valence-electron chi connectivity index (χ2n) is 4.06. The third kappa shape index (κ3) is 4.29. The zero-order chi connectivity index (χ0) is 12.9. The smallest absolute Gasteiger partial charge is 0.333 e. The molecule has 1 atom stereocenters. The van der Waals surface area contributed by atoms with Crippen LogP contribution >= 0.6 is 0 Å². The summed E-state index contributed by atoms with van der Waals surface area (Å²) >= 11 is 0. The lowest BCUT2D eigenvalue weighted by molar-refractivity contribution is -0.173. The molecule has 0 saturated heterocycles. The summed E-state index contributed by atoms with van der Waals surface area (Å²) in [6, 6.07) is 0. The van der Waals surface area contributed by atoms with Gasteiger partial charge in [-0.2, -0.15) is 0 Å². The number of ether oxygens (including phenoxy) is 2. The molecule has 0 aromatic rings. The van der Waals surface area contributed by atoms with Gasteiger partial charge in [-0.25, -0.2) is 9.59 Å². The summed E-state index contributed by atoms with van der Waals surface area (Å²) < 4.78 is 10.1. The van der Waals surface area contributed by atoms with E-state index < -0.39 is 23.6 Å². The Balaban J connectivity index is 4.51. The SMILES string of the molecule is C=CC(=O)OC(C)(C)C(C)OC(=O)C(=C)C. The van der Waals surface area contributed by atoms with E-state index in [0.29, 0.717) is 5.57 Å². The van der Waals surface area contributed by atoms with Gasteiger partial charge in [-0.1, -0.05) is 13.2 Å². The van der Waals surface area contributed by atoms with Crippen molar-refractivity contribution in [2.45, 2.75) is 39.4 Å². The Morgan fingerprint density at radius 3 is 2.25 bits per heavy atom. The van der Waals surface area contributed by atoms with E-state index in [2.05, 4.69) is 13.2 Å². The minimum Gasteiger partial charge on any atom is -0.455 e. The Hall–Kier alpha value is -1.58. The minimum atomic E-state index is -0.906. The van der Waals surface area contributed by atoms with Gasteiger partial charge in [0.1, 0.15) is 11.7 Å². The molecule has 90 valence electrons. The van der Waals surface area contributed by atoms with Crippen LogP contribution in [-0.2, 0) is 19.1 Å². The number of esters is 2. The molecule has 0 radical (unpaired) electrons. The Kier molecular flexibility index (Phi) is 4.95. The maximum absolute atomic E-state index is 11.3. The molecule has 0 rings (SSSR count). The predicted molar refractivity (Wildman–Crippen MR) is 60.7 cm³/mol. The van der Waals surface area contributed by atoms with Crippen LogP contribution in [0.4, 0.5) is 0 Å². The van der Waals surface area contributed by atoms with Gasteiger partial charge in [-0.15, -0.1) is 0 Å². The molecule has 0 aromatic carbocycles. The molecule has 16 heavy (non-hydrogen) atoms. The van der Waals surface area contributed by atoms with Gasteiger partial charge in [0, 0.05) is 11.6 Å². The summed E-state index contributed by atoms with van der Waals surface area (Å²) in [5, 5.41) is 0. The first-order chi connectivity index (χ1) is 7.20. The topological polar surface area (TPSA) is 52.6 Å². The van der Waals surface area contributed by atoms with Gasteiger partial charge in [-0.05, 0) is 27.7 Å². The molecule has 0 heterocycles. The van der Waals surface area contributed by atoms with Crippen molar-refractivity contribution < 1.29 is 19.1 Å². The van der Waals surface area contributed by atoms with Crippen molar-refractivity contribution >= 4 is 11.9 Å². The van der Waals surface area contributed by atoms with E-state index in [1.165, 1.54) is 0 Å². The van der Waals surface area contributed by atoms with Gasteiger partial charge in [0.15, 0.2) is 0 Å². The summed E-state index contributed by atoms with van der Waals surface area (Å²) in [6.07, 6.45) is 0.496. The van der Waals surface area contributed by atoms with Crippen molar-refractivity contribution in [2.24, 2.45) is 0 Å². The Morgan fingerprint density at radius 2 is 1.88 bits per heavy atom. The van der Waals surface area contributed by atoms with Gasteiger partial charge in [-0.3, -0.25) is 0 Å². The lowest BCUT2D eigenvalue weighted by atomic mass is 10.0. The summed E-state index contributed by atoms with van der Waals surface area (Å²) in [5.74, 6) is -1.06. The van der Waals surface area contributed by atoms with E-state index in [4.69, 9.17) is 9.47 Å². The molecule has 1 unspecified atom stereocenters. The second kappa shape index (κ2) is 5.49. The molecule has 0 spiro atoms. The highest BCUT2D eigenvalue weighted by molar-refractivity contribution is 5.87. The molecule has 0 aliphatic heterocycles. The average Bonchev–Trinajstić information content (AvgIpc) is 2.16. The maximum atomic E-state index is 11.3. The van der Waals surface area contributed by atoms with E-state index in [-0.39, 0.29) is 0 Å². The van der Waals surface area contributed by atoms with E-state index >= 15 is 0 Å². The molecule has 0 N–H and O–H groups in total. The van der Waals surface area contributed by atoms with E-state index in [1.54, 1.807) is 27.7 Å². The van der Waals surface area contributed by atoms with E-state index in [1.807, 2.05) is 0 Å². The van der Waals surface area contributed by atoms with Crippen LogP contribution in [0.3, 0.4) is 0 Å². The highest BCUT2D eigenvalue weighted by atomic mass is 16.6. The summed E-state index contributed by atoms with van der Waals surface area (Å²) in [6.45, 7) is 13.3. The first-order valence-electron chi connectivity index (χ1n) is 4.92. The van der Waals surface area contributed by atoms with Crippen molar-refractivity contribution in [3.8, 4) is 0 Å². The summed E-state index contributed by atoms with van der Waals surface area (Å²) in [5.41, 5.74) is -0.603. The van der Waals surface area contributed by atoms with Crippen LogP contribution in [0.1, 0.15) is 27.7 Å². The second-order valence-corrected chi connectivity index (χ2v) is 4.06. The van der Waals surface area contributed by atoms with Crippen LogP contribution in [0, 0.1) is 0 Å². The van der Waals surface area contributed by atoms with E-state index in [0.717, 1.165) is 6.08 Å². The number of rotatable bonds is 5. The molecule has 0 aliphatic carbocycles. The maximum Gasteiger partial charge on any atom is 0.333 e. The van der Waals surface area contributed by atoms with Crippen molar-refractivity contribution in [1.29, 1.82) is 0 Å². The number of carbonyl (C=O) groups excluding carboxylic acids is 2. The molecule has 4 nitrogen and oxygen atoms in total. The van der Waals surface area contributed by atoms with Gasteiger partial charge in [0.25, 0.3) is 0 Å². The third-order valence-electron chi connectivity index (χ3n) is 2.14. The summed E-state index contributed by atoms with van der Waals surface area (Å²) in [4.78, 5) is 22.3. The lowest BCUT2D eigenvalue weighted by Gasteiger charge is -2.30. The quantitative estimate of drug-likeness (QED) is 0.531. The lowest BCUT2D eigenvalue weighted by Crippen LogP contribution is -2.41. The molecule has 0 saturated carbocycles. The van der Waals surface area contributed by atoms with Crippen LogP contribution in [0.5, 0.6) is 0 Å². The van der Waals surface area contributed by atoms with Gasteiger partial charge < -0.3 is 9.47 Å². The average molecular weight is 226 g/mol. The predicted octanol–water partition coefficient (Wildman–Crippen LogP) is 2.00. The molecule has 0 bridgehead atoms. The highest BCUT2D eigenvalue weighted by Gasteiger charge is 2.32. The van der Waals surface area contributed by atoms with Crippen molar-refractivity contribution in [1.82, 2.24) is 0 Å². The standard InChI is InChI=1S/C12H18O4/c1-7-10(13)16-12(5,6)9(4)15-11(14)8(2)3/h7,9H,1-2H2,3-6H3. The molecular formula is C12H18O4. The first kappa shape index (κ1) is 14.4. The van der Waals surface area contributed by atoms with Crippen LogP contribution < -0.4 is 0 Å². The fraction of sp³-hybridized carbons (Fsp3) is 0.500. The number of hydrogen-bond acceptors (Lipinski definition) is 4. The number of hydrogen-bond donors (Lipinski definition) is 0. The van der Waals surface area contributed by atoms with Gasteiger partial charge in [0.2, 0.25) is 0 Å². The van der Waals surface area contributed by atoms with E-state index in [9.17, 15) is 9.59 Å². The minimum absolute atomic E-state index is 0.303. The molecular weight excluding hydrogens is 208 g/mol. The zero-order valence-electron chi connectivity index (χ0n) is 10.2. The fourth-order valence-corrected chi connectivity index (χ4v) is 0.787. The van der Waals surface area contributed by atoms with Crippen molar-refractivity contribution in [3.05, 3.63) is 24.8 Å². The highest BCUT2D eigenvalue weighted by Crippen LogP contribution is 2.19. The Labute approximate surface area is 95.9 Å². The normalized spacial score (nSPS) is 12.5. The molecule has 0 aromatic heterocycles. The molecule has 4 heteroatoms. The van der Waals surface area contributed by atoms with Crippen molar-refractivity contribution in [2.75, 3.05) is 0 Å². The Bertz CT molecular complexity index is 315. The fourth-order valence-electron chi connectivity index (χ4n) is 0.787.